The quantitative estimate of drug-likeness (QED) is 0.566. The van der Waals surface area contributed by atoms with Crippen molar-refractivity contribution in [2.24, 2.45) is 5.73 Å². The van der Waals surface area contributed by atoms with Gasteiger partial charge in [0.2, 0.25) is 5.91 Å². The van der Waals surface area contributed by atoms with Gasteiger partial charge in [0, 0.05) is 7.05 Å². The van der Waals surface area contributed by atoms with Crippen LogP contribution in [0.4, 0.5) is 0 Å². The molecule has 9 heavy (non-hydrogen) atoms. The minimum Gasteiger partial charge on any atom is -0.321 e. The molecule has 52 valence electrons. The Morgan fingerprint density at radius 2 is 2.33 bits per heavy atom. The van der Waals surface area contributed by atoms with Gasteiger partial charge in [0.15, 0.2) is 0 Å². The molecule has 1 unspecified atom stereocenters. The van der Waals surface area contributed by atoms with Crippen LogP contribution in [0.2, 0.25) is 0 Å². The van der Waals surface area contributed by atoms with Gasteiger partial charge in [-0.05, 0) is 13.1 Å². The first-order chi connectivity index (χ1) is 4.09. The molecule has 0 aliphatic rings. The summed E-state index contributed by atoms with van der Waals surface area (Å²) in [6.45, 7) is 5.05. The van der Waals surface area contributed by atoms with Crippen LogP contribution >= 0.6 is 0 Å². The van der Waals surface area contributed by atoms with E-state index >= 15 is 0 Å². The maximum Gasteiger partial charge on any atom is 0.242 e. The summed E-state index contributed by atoms with van der Waals surface area (Å²) in [7, 11) is 1.62. The number of carbonyl (C=O) groups is 1. The van der Waals surface area contributed by atoms with Crippen molar-refractivity contribution in [2.75, 3.05) is 7.05 Å². The summed E-state index contributed by atoms with van der Waals surface area (Å²) < 4.78 is 0. The number of likely N-dealkylation sites (N-methyl/N-ethyl adjacent to an activating group) is 1. The molecule has 0 heterocycles. The number of hydrogen-bond acceptors (Lipinski definition) is 2. The van der Waals surface area contributed by atoms with Crippen LogP contribution < -0.4 is 5.73 Å². The van der Waals surface area contributed by atoms with Gasteiger partial charge in [-0.2, -0.15) is 0 Å². The van der Waals surface area contributed by atoms with Crippen molar-refractivity contribution >= 4 is 5.91 Å². The summed E-state index contributed by atoms with van der Waals surface area (Å²) in [6, 6.07) is -0.437. The lowest BCUT2D eigenvalue weighted by Crippen LogP contribution is -2.36. The fourth-order valence-electron chi connectivity index (χ4n) is 0.411. The summed E-state index contributed by atoms with van der Waals surface area (Å²) in [5, 5.41) is 0. The molecule has 0 aromatic rings. The molecule has 3 nitrogen and oxygen atoms in total. The van der Waals surface area contributed by atoms with Crippen molar-refractivity contribution < 1.29 is 4.79 Å². The number of nitrogens with two attached hydrogens (primary N) is 1. The van der Waals surface area contributed by atoms with Gasteiger partial charge in [-0.15, -0.1) is 0 Å². The second-order valence-corrected chi connectivity index (χ2v) is 1.92. The average molecular weight is 128 g/mol. The second kappa shape index (κ2) is 3.25. The molecule has 0 saturated carbocycles. The molecule has 0 fully saturated rings. The number of rotatable bonds is 2. The number of amides is 1. The zero-order valence-corrected chi connectivity index (χ0v) is 5.79. The summed E-state index contributed by atoms with van der Waals surface area (Å²) in [4.78, 5) is 12.2. The van der Waals surface area contributed by atoms with Gasteiger partial charge in [0.1, 0.15) is 0 Å². The van der Waals surface area contributed by atoms with Crippen molar-refractivity contribution in [2.45, 2.75) is 13.0 Å². The van der Waals surface area contributed by atoms with Crippen LogP contribution in [0.15, 0.2) is 12.8 Å². The van der Waals surface area contributed by atoms with Gasteiger partial charge < -0.3 is 10.6 Å². The lowest BCUT2D eigenvalue weighted by atomic mass is 10.3. The maximum absolute atomic E-state index is 10.8. The highest BCUT2D eigenvalue weighted by Gasteiger charge is 2.08. The zero-order chi connectivity index (χ0) is 7.44. The molecule has 1 atom stereocenters. The maximum atomic E-state index is 10.8. The predicted octanol–water partition coefficient (Wildman–Crippen LogP) is -0.0645. The zero-order valence-electron chi connectivity index (χ0n) is 5.79. The van der Waals surface area contributed by atoms with Crippen molar-refractivity contribution in [1.29, 1.82) is 0 Å². The van der Waals surface area contributed by atoms with Crippen LogP contribution in [0.1, 0.15) is 6.92 Å². The van der Waals surface area contributed by atoms with Crippen LogP contribution in [0.25, 0.3) is 0 Å². The normalized spacial score (nSPS) is 12.3. The third-order valence-corrected chi connectivity index (χ3v) is 1.01. The summed E-state index contributed by atoms with van der Waals surface area (Å²) in [5.41, 5.74) is 5.27. The predicted molar refractivity (Wildman–Crippen MR) is 36.6 cm³/mol. The minimum absolute atomic E-state index is 0.120. The van der Waals surface area contributed by atoms with Crippen LogP contribution in [0, 0.1) is 0 Å². The van der Waals surface area contributed by atoms with E-state index in [0.717, 1.165) is 0 Å². The van der Waals surface area contributed by atoms with E-state index in [0.29, 0.717) is 0 Å². The Morgan fingerprint density at radius 1 is 1.89 bits per heavy atom. The molecule has 0 aliphatic carbocycles. The first-order valence-corrected chi connectivity index (χ1v) is 2.74. The molecule has 2 N–H and O–H groups in total. The average Bonchev–Trinajstić information content (AvgIpc) is 1.84. The third-order valence-electron chi connectivity index (χ3n) is 1.01. The molecule has 1 amide bonds. The van der Waals surface area contributed by atoms with Gasteiger partial charge >= 0.3 is 0 Å². The Hall–Kier alpha value is -0.830. The van der Waals surface area contributed by atoms with Gasteiger partial charge in [0.05, 0.1) is 6.04 Å². The smallest absolute Gasteiger partial charge is 0.242 e. The second-order valence-electron chi connectivity index (χ2n) is 1.92. The topological polar surface area (TPSA) is 46.3 Å². The van der Waals surface area contributed by atoms with Gasteiger partial charge in [-0.1, -0.05) is 6.58 Å². The van der Waals surface area contributed by atoms with Gasteiger partial charge in [-0.3, -0.25) is 4.79 Å². The molecule has 0 radical (unpaired) electrons. The van der Waals surface area contributed by atoms with E-state index in [1.165, 1.54) is 11.1 Å². The standard InChI is InChI=1S/C6H12N2O/c1-4-8(3)6(9)5(2)7/h4-5H,1,7H2,2-3H3. The first-order valence-electron chi connectivity index (χ1n) is 2.74. The molecular weight excluding hydrogens is 116 g/mol. The van der Waals surface area contributed by atoms with Crippen molar-refractivity contribution in [1.82, 2.24) is 4.90 Å². The highest BCUT2D eigenvalue weighted by atomic mass is 16.2. The van der Waals surface area contributed by atoms with E-state index in [2.05, 4.69) is 6.58 Å². The molecular formula is C6H12N2O. The Balaban J connectivity index is 3.87. The molecule has 0 aliphatic heterocycles. The van der Waals surface area contributed by atoms with Crippen molar-refractivity contribution in [3.63, 3.8) is 0 Å². The summed E-state index contributed by atoms with van der Waals surface area (Å²) in [5.74, 6) is -0.120. The van der Waals surface area contributed by atoms with E-state index < -0.39 is 6.04 Å². The minimum atomic E-state index is -0.437. The van der Waals surface area contributed by atoms with E-state index in [9.17, 15) is 4.79 Å². The molecule has 0 saturated heterocycles. The Bertz CT molecular complexity index is 120. The number of carbonyl (C=O) groups excluding carboxylic acids is 1. The van der Waals surface area contributed by atoms with Crippen molar-refractivity contribution in [3.8, 4) is 0 Å². The highest BCUT2D eigenvalue weighted by molar-refractivity contribution is 5.81. The van der Waals surface area contributed by atoms with E-state index in [-0.39, 0.29) is 5.91 Å². The Kier molecular flexibility index (Phi) is 2.95. The van der Waals surface area contributed by atoms with Crippen LogP contribution in [-0.2, 0) is 4.79 Å². The fourth-order valence-corrected chi connectivity index (χ4v) is 0.411. The lowest BCUT2D eigenvalue weighted by Gasteiger charge is -2.12. The van der Waals surface area contributed by atoms with Crippen molar-refractivity contribution in [3.05, 3.63) is 12.8 Å². The van der Waals surface area contributed by atoms with E-state index in [1.807, 2.05) is 0 Å². The largest absolute Gasteiger partial charge is 0.321 e. The van der Waals surface area contributed by atoms with E-state index in [4.69, 9.17) is 5.73 Å². The SMILES string of the molecule is C=CN(C)C(=O)C(C)N. The molecule has 0 aromatic carbocycles. The van der Waals surface area contributed by atoms with E-state index in [1.54, 1.807) is 14.0 Å². The number of hydrogen-bond donors (Lipinski definition) is 1. The molecule has 0 spiro atoms. The first kappa shape index (κ1) is 8.17. The fraction of sp³-hybridized carbons (Fsp3) is 0.500. The molecule has 0 rings (SSSR count). The summed E-state index contributed by atoms with van der Waals surface area (Å²) >= 11 is 0. The van der Waals surface area contributed by atoms with Crippen LogP contribution in [0.5, 0.6) is 0 Å². The van der Waals surface area contributed by atoms with Gasteiger partial charge in [0.25, 0.3) is 0 Å². The molecule has 0 aromatic heterocycles. The Labute approximate surface area is 55.1 Å². The van der Waals surface area contributed by atoms with Gasteiger partial charge in [-0.25, -0.2) is 0 Å². The Morgan fingerprint density at radius 3 is 2.44 bits per heavy atom. The molecule has 0 bridgehead atoms. The highest BCUT2D eigenvalue weighted by Crippen LogP contribution is 1.87. The molecule has 3 heteroatoms. The van der Waals surface area contributed by atoms with Crippen LogP contribution in [0.3, 0.4) is 0 Å². The summed E-state index contributed by atoms with van der Waals surface area (Å²) in [6.07, 6.45) is 1.44. The monoisotopic (exact) mass is 128 g/mol. The third kappa shape index (κ3) is 2.28. The lowest BCUT2D eigenvalue weighted by molar-refractivity contribution is -0.128. The number of nitrogens with zero attached hydrogens (tertiary/aromatic N) is 1. The van der Waals surface area contributed by atoms with Crippen LogP contribution in [-0.4, -0.2) is 23.9 Å².